The SMILES string of the molecule is CC(C)c1ccccc1OCCNC(=O)N1CCOC(C(=O)O)C1. The number of morpholine rings is 1. The molecule has 7 nitrogen and oxygen atoms in total. The predicted molar refractivity (Wildman–Crippen MR) is 88.4 cm³/mol. The molecule has 1 heterocycles. The van der Waals surface area contributed by atoms with Crippen LogP contribution in [0.25, 0.3) is 0 Å². The number of nitrogens with zero attached hydrogens (tertiary/aromatic N) is 1. The fourth-order valence-electron chi connectivity index (χ4n) is 2.50. The highest BCUT2D eigenvalue weighted by molar-refractivity contribution is 5.77. The first-order chi connectivity index (χ1) is 11.5. The van der Waals surface area contributed by atoms with Gasteiger partial charge in [-0.1, -0.05) is 32.0 Å². The molecule has 0 radical (unpaired) electrons. The molecule has 2 amide bonds. The van der Waals surface area contributed by atoms with Crippen LogP contribution in [-0.2, 0) is 9.53 Å². The quantitative estimate of drug-likeness (QED) is 0.772. The van der Waals surface area contributed by atoms with Crippen LogP contribution in [0.4, 0.5) is 4.79 Å². The number of hydrogen-bond acceptors (Lipinski definition) is 4. The van der Waals surface area contributed by atoms with E-state index >= 15 is 0 Å². The van der Waals surface area contributed by atoms with Gasteiger partial charge in [0.2, 0.25) is 0 Å². The van der Waals surface area contributed by atoms with E-state index < -0.39 is 12.1 Å². The molecule has 7 heteroatoms. The Morgan fingerprint density at radius 1 is 1.42 bits per heavy atom. The molecule has 0 bridgehead atoms. The number of nitrogens with one attached hydrogen (secondary N) is 1. The standard InChI is InChI=1S/C17H24N2O5/c1-12(2)13-5-3-4-6-14(13)23-9-7-18-17(22)19-8-10-24-15(11-19)16(20)21/h3-6,12,15H,7-11H2,1-2H3,(H,18,22)(H,20,21). The van der Waals surface area contributed by atoms with Crippen molar-refractivity contribution in [2.75, 3.05) is 32.8 Å². The summed E-state index contributed by atoms with van der Waals surface area (Å²) in [4.78, 5) is 24.4. The summed E-state index contributed by atoms with van der Waals surface area (Å²) in [5.74, 6) is 0.122. The largest absolute Gasteiger partial charge is 0.491 e. The number of para-hydroxylation sites is 1. The number of carbonyl (C=O) groups is 2. The third-order valence-electron chi connectivity index (χ3n) is 3.81. The van der Waals surface area contributed by atoms with Gasteiger partial charge in [-0.3, -0.25) is 0 Å². The highest BCUT2D eigenvalue weighted by atomic mass is 16.5. The lowest BCUT2D eigenvalue weighted by atomic mass is 10.0. The summed E-state index contributed by atoms with van der Waals surface area (Å²) in [6.45, 7) is 5.55. The van der Waals surface area contributed by atoms with Gasteiger partial charge < -0.3 is 24.8 Å². The summed E-state index contributed by atoms with van der Waals surface area (Å²) in [5, 5.41) is 11.7. The minimum Gasteiger partial charge on any atom is -0.491 e. The monoisotopic (exact) mass is 336 g/mol. The first-order valence-corrected chi connectivity index (χ1v) is 8.08. The summed E-state index contributed by atoms with van der Waals surface area (Å²) >= 11 is 0. The number of aliphatic carboxylic acids is 1. The van der Waals surface area contributed by atoms with Crippen LogP contribution < -0.4 is 10.1 Å². The summed E-state index contributed by atoms with van der Waals surface area (Å²) in [6.07, 6.45) is -0.960. The summed E-state index contributed by atoms with van der Waals surface area (Å²) in [5.41, 5.74) is 1.13. The topological polar surface area (TPSA) is 88.1 Å². The molecule has 0 aliphatic carbocycles. The van der Waals surface area contributed by atoms with Gasteiger partial charge in [0.15, 0.2) is 6.10 Å². The van der Waals surface area contributed by atoms with Crippen molar-refractivity contribution < 1.29 is 24.2 Å². The minimum absolute atomic E-state index is 0.0538. The third-order valence-corrected chi connectivity index (χ3v) is 3.81. The molecule has 2 rings (SSSR count). The molecule has 1 aliphatic heterocycles. The maximum atomic E-state index is 12.1. The number of carboxylic acids is 1. The molecule has 132 valence electrons. The van der Waals surface area contributed by atoms with E-state index in [2.05, 4.69) is 19.2 Å². The van der Waals surface area contributed by atoms with E-state index in [0.717, 1.165) is 11.3 Å². The first-order valence-electron chi connectivity index (χ1n) is 8.08. The lowest BCUT2D eigenvalue weighted by Gasteiger charge is -2.30. The predicted octanol–water partition coefficient (Wildman–Crippen LogP) is 1.68. The second-order valence-corrected chi connectivity index (χ2v) is 5.92. The van der Waals surface area contributed by atoms with Gasteiger partial charge in [0.25, 0.3) is 0 Å². The Labute approximate surface area is 141 Å². The maximum absolute atomic E-state index is 12.1. The molecule has 1 atom stereocenters. The number of hydrogen-bond donors (Lipinski definition) is 2. The lowest BCUT2D eigenvalue weighted by Crippen LogP contribution is -2.52. The van der Waals surface area contributed by atoms with Gasteiger partial charge in [-0.05, 0) is 17.5 Å². The lowest BCUT2D eigenvalue weighted by molar-refractivity contribution is -0.154. The van der Waals surface area contributed by atoms with E-state index in [4.69, 9.17) is 14.6 Å². The average molecular weight is 336 g/mol. The third kappa shape index (κ3) is 4.86. The van der Waals surface area contributed by atoms with Crippen LogP contribution in [0.5, 0.6) is 5.75 Å². The fourth-order valence-corrected chi connectivity index (χ4v) is 2.50. The van der Waals surface area contributed by atoms with Crippen LogP contribution in [0.2, 0.25) is 0 Å². The zero-order valence-electron chi connectivity index (χ0n) is 14.0. The van der Waals surface area contributed by atoms with E-state index in [9.17, 15) is 9.59 Å². The molecule has 24 heavy (non-hydrogen) atoms. The second kappa shape index (κ2) is 8.54. The number of benzene rings is 1. The van der Waals surface area contributed by atoms with Gasteiger partial charge in [-0.15, -0.1) is 0 Å². The molecule has 2 N–H and O–H groups in total. The number of rotatable bonds is 6. The molecule has 1 aliphatic rings. The summed E-state index contributed by atoms with van der Waals surface area (Å²) < 4.78 is 10.8. The minimum atomic E-state index is -1.05. The number of urea groups is 1. The highest BCUT2D eigenvalue weighted by Crippen LogP contribution is 2.25. The van der Waals surface area contributed by atoms with Gasteiger partial charge in [0.1, 0.15) is 12.4 Å². The zero-order chi connectivity index (χ0) is 17.5. The molecule has 1 aromatic rings. The zero-order valence-corrected chi connectivity index (χ0v) is 14.0. The van der Waals surface area contributed by atoms with Crippen molar-refractivity contribution in [2.45, 2.75) is 25.9 Å². The van der Waals surface area contributed by atoms with Crippen molar-refractivity contribution in [1.82, 2.24) is 10.2 Å². The Morgan fingerprint density at radius 3 is 2.88 bits per heavy atom. The number of carbonyl (C=O) groups excluding carboxylic acids is 1. The van der Waals surface area contributed by atoms with E-state index in [1.165, 1.54) is 4.90 Å². The number of carboxylic acid groups (broad SMARTS) is 1. The summed E-state index contributed by atoms with van der Waals surface area (Å²) in [7, 11) is 0. The Hall–Kier alpha value is -2.28. The van der Waals surface area contributed by atoms with Crippen molar-refractivity contribution in [2.24, 2.45) is 0 Å². The van der Waals surface area contributed by atoms with E-state index in [-0.39, 0.29) is 19.2 Å². The van der Waals surface area contributed by atoms with Gasteiger partial charge in [-0.25, -0.2) is 9.59 Å². The van der Waals surface area contributed by atoms with Crippen LogP contribution in [0, 0.1) is 0 Å². The van der Waals surface area contributed by atoms with Crippen LogP contribution >= 0.6 is 0 Å². The number of amides is 2. The van der Waals surface area contributed by atoms with Crippen molar-refractivity contribution in [1.29, 1.82) is 0 Å². The van der Waals surface area contributed by atoms with Crippen LogP contribution in [0.1, 0.15) is 25.3 Å². The molecular weight excluding hydrogens is 312 g/mol. The smallest absolute Gasteiger partial charge is 0.334 e. The van der Waals surface area contributed by atoms with Crippen molar-refractivity contribution in [3.05, 3.63) is 29.8 Å². The molecular formula is C17H24N2O5. The van der Waals surface area contributed by atoms with Crippen LogP contribution in [0.3, 0.4) is 0 Å². The van der Waals surface area contributed by atoms with Gasteiger partial charge in [0, 0.05) is 6.54 Å². The Balaban J connectivity index is 1.76. The summed E-state index contributed by atoms with van der Waals surface area (Å²) in [6, 6.07) is 7.53. The van der Waals surface area contributed by atoms with Crippen molar-refractivity contribution in [3.63, 3.8) is 0 Å². The molecule has 1 aromatic carbocycles. The fraction of sp³-hybridized carbons (Fsp3) is 0.529. The van der Waals surface area contributed by atoms with Crippen molar-refractivity contribution in [3.8, 4) is 5.75 Å². The van der Waals surface area contributed by atoms with Gasteiger partial charge in [0.05, 0.1) is 19.7 Å². The molecule has 0 saturated carbocycles. The van der Waals surface area contributed by atoms with E-state index in [0.29, 0.717) is 25.6 Å². The Kier molecular flexibility index (Phi) is 6.43. The second-order valence-electron chi connectivity index (χ2n) is 5.92. The molecule has 0 spiro atoms. The van der Waals surface area contributed by atoms with Crippen LogP contribution in [0.15, 0.2) is 24.3 Å². The maximum Gasteiger partial charge on any atom is 0.334 e. The molecule has 1 unspecified atom stereocenters. The van der Waals surface area contributed by atoms with Gasteiger partial charge >= 0.3 is 12.0 Å². The van der Waals surface area contributed by atoms with Gasteiger partial charge in [-0.2, -0.15) is 0 Å². The van der Waals surface area contributed by atoms with E-state index in [1.807, 2.05) is 24.3 Å². The molecule has 0 aromatic heterocycles. The Morgan fingerprint density at radius 2 is 2.17 bits per heavy atom. The molecule has 1 saturated heterocycles. The normalized spacial score (nSPS) is 17.6. The van der Waals surface area contributed by atoms with Crippen molar-refractivity contribution >= 4 is 12.0 Å². The van der Waals surface area contributed by atoms with Crippen LogP contribution in [-0.4, -0.2) is 61.0 Å². The Bertz CT molecular complexity index is 576. The average Bonchev–Trinajstić information content (AvgIpc) is 2.58. The van der Waals surface area contributed by atoms with E-state index in [1.54, 1.807) is 0 Å². The first kappa shape index (κ1) is 18.1. The number of ether oxygens (including phenoxy) is 2. The molecule has 1 fully saturated rings. The highest BCUT2D eigenvalue weighted by Gasteiger charge is 2.28.